The van der Waals surface area contributed by atoms with Crippen LogP contribution in [0.4, 0.5) is 15.9 Å². The van der Waals surface area contributed by atoms with E-state index in [4.69, 9.17) is 16.3 Å². The number of rotatable bonds is 5. The van der Waals surface area contributed by atoms with Crippen LogP contribution >= 0.6 is 11.6 Å². The second-order valence-electron chi connectivity index (χ2n) is 7.38. The summed E-state index contributed by atoms with van der Waals surface area (Å²) in [6, 6.07) is 15.7. The third kappa shape index (κ3) is 4.94. The van der Waals surface area contributed by atoms with Gasteiger partial charge in [0.25, 0.3) is 0 Å². The third-order valence-electron chi connectivity index (χ3n) is 5.41. The van der Waals surface area contributed by atoms with Crippen molar-refractivity contribution >= 4 is 29.0 Å². The molecule has 0 spiro atoms. The molecule has 1 aliphatic rings. The molecule has 0 unspecified atom stereocenters. The van der Waals surface area contributed by atoms with Crippen molar-refractivity contribution in [3.8, 4) is 17.0 Å². The number of piperidine rings is 1. The first-order valence-corrected chi connectivity index (χ1v) is 10.4. The zero-order chi connectivity index (χ0) is 21.8. The van der Waals surface area contributed by atoms with Crippen molar-refractivity contribution in [3.05, 3.63) is 65.4 Å². The summed E-state index contributed by atoms with van der Waals surface area (Å²) >= 11 is 5.78. The van der Waals surface area contributed by atoms with Crippen LogP contribution in [0.2, 0.25) is 5.02 Å². The predicted octanol–water partition coefficient (Wildman–Crippen LogP) is 4.80. The molecule has 8 heteroatoms. The average molecular weight is 441 g/mol. The number of methoxy groups -OCH3 is 1. The first kappa shape index (κ1) is 21.1. The fourth-order valence-corrected chi connectivity index (χ4v) is 3.78. The average Bonchev–Trinajstić information content (AvgIpc) is 2.82. The Labute approximate surface area is 185 Å². The third-order valence-corrected chi connectivity index (χ3v) is 5.70. The lowest BCUT2D eigenvalue weighted by molar-refractivity contribution is -0.120. The van der Waals surface area contributed by atoms with E-state index in [2.05, 4.69) is 20.4 Å². The minimum atomic E-state index is -0.507. The normalized spacial score (nSPS) is 14.4. The number of nitrogens with one attached hydrogen (secondary N) is 1. The van der Waals surface area contributed by atoms with E-state index < -0.39 is 5.82 Å². The summed E-state index contributed by atoms with van der Waals surface area (Å²) in [5.41, 5.74) is 2.26. The minimum absolute atomic E-state index is 0.00993. The van der Waals surface area contributed by atoms with Crippen molar-refractivity contribution in [2.24, 2.45) is 5.92 Å². The van der Waals surface area contributed by atoms with Gasteiger partial charge in [0.05, 0.1) is 17.8 Å². The van der Waals surface area contributed by atoms with Gasteiger partial charge in [-0.25, -0.2) is 4.39 Å². The molecule has 0 atom stereocenters. The zero-order valence-electron chi connectivity index (χ0n) is 17.0. The van der Waals surface area contributed by atoms with Crippen LogP contribution in [0.1, 0.15) is 12.8 Å². The largest absolute Gasteiger partial charge is 0.497 e. The Morgan fingerprint density at radius 2 is 1.84 bits per heavy atom. The Kier molecular flexibility index (Phi) is 6.32. The Hall–Kier alpha value is -3.19. The maximum Gasteiger partial charge on any atom is 0.227 e. The standard InChI is InChI=1S/C23H22ClFN4O2/c1-31-18-5-2-15(3-6-18)21-8-9-22(28-27-21)29-12-10-16(11-13-29)23(30)26-17-4-7-20(25)19(24)14-17/h2-9,14,16H,10-13H2,1H3,(H,26,30). The van der Waals surface area contributed by atoms with Crippen molar-refractivity contribution in [2.45, 2.75) is 12.8 Å². The molecule has 1 aliphatic heterocycles. The Morgan fingerprint density at radius 3 is 2.45 bits per heavy atom. The van der Waals surface area contributed by atoms with Crippen molar-refractivity contribution in [1.29, 1.82) is 0 Å². The fraction of sp³-hybridized carbons (Fsp3) is 0.261. The maximum absolute atomic E-state index is 13.3. The number of amides is 1. The van der Waals surface area contributed by atoms with Crippen molar-refractivity contribution in [3.63, 3.8) is 0 Å². The second kappa shape index (κ2) is 9.31. The lowest BCUT2D eigenvalue weighted by atomic mass is 9.95. The predicted molar refractivity (Wildman–Crippen MR) is 119 cm³/mol. The quantitative estimate of drug-likeness (QED) is 0.617. The molecule has 0 aliphatic carbocycles. The van der Waals surface area contributed by atoms with E-state index in [-0.39, 0.29) is 16.8 Å². The molecule has 0 saturated carbocycles. The number of carbonyl (C=O) groups is 1. The molecule has 1 aromatic heterocycles. The highest BCUT2D eigenvalue weighted by molar-refractivity contribution is 6.31. The van der Waals surface area contributed by atoms with E-state index >= 15 is 0 Å². The van der Waals surface area contributed by atoms with Crippen LogP contribution in [-0.4, -0.2) is 36.3 Å². The topological polar surface area (TPSA) is 67.3 Å². The van der Waals surface area contributed by atoms with E-state index in [0.29, 0.717) is 31.6 Å². The molecule has 2 aromatic carbocycles. The van der Waals surface area contributed by atoms with Crippen LogP contribution < -0.4 is 15.0 Å². The first-order valence-electron chi connectivity index (χ1n) is 10.0. The van der Waals surface area contributed by atoms with E-state index in [1.54, 1.807) is 7.11 Å². The lowest BCUT2D eigenvalue weighted by Gasteiger charge is -2.31. The van der Waals surface area contributed by atoms with Gasteiger partial charge in [-0.3, -0.25) is 4.79 Å². The van der Waals surface area contributed by atoms with Crippen molar-refractivity contribution in [2.75, 3.05) is 30.4 Å². The monoisotopic (exact) mass is 440 g/mol. The van der Waals surface area contributed by atoms with Gasteiger partial charge in [-0.15, -0.1) is 10.2 Å². The molecule has 160 valence electrons. The molecule has 1 fully saturated rings. The SMILES string of the molecule is COc1ccc(-c2ccc(N3CCC(C(=O)Nc4ccc(F)c(Cl)c4)CC3)nn2)cc1. The highest BCUT2D eigenvalue weighted by Crippen LogP contribution is 2.26. The Morgan fingerprint density at radius 1 is 1.10 bits per heavy atom. The van der Waals surface area contributed by atoms with Gasteiger partial charge in [0.1, 0.15) is 11.6 Å². The summed E-state index contributed by atoms with van der Waals surface area (Å²) in [7, 11) is 1.63. The van der Waals surface area contributed by atoms with E-state index in [0.717, 1.165) is 22.8 Å². The van der Waals surface area contributed by atoms with E-state index in [9.17, 15) is 9.18 Å². The first-order chi connectivity index (χ1) is 15.0. The number of benzene rings is 2. The number of anilines is 2. The number of ether oxygens (including phenoxy) is 1. The van der Waals surface area contributed by atoms with Crippen LogP contribution in [0.3, 0.4) is 0 Å². The highest BCUT2D eigenvalue weighted by Gasteiger charge is 2.26. The summed E-state index contributed by atoms with van der Waals surface area (Å²) in [5.74, 6) is 0.881. The van der Waals surface area contributed by atoms with Gasteiger partial charge in [0.15, 0.2) is 5.82 Å². The molecule has 1 amide bonds. The molecule has 2 heterocycles. The maximum atomic E-state index is 13.3. The molecule has 6 nitrogen and oxygen atoms in total. The zero-order valence-corrected chi connectivity index (χ0v) is 17.8. The van der Waals surface area contributed by atoms with Crippen LogP contribution in [-0.2, 0) is 4.79 Å². The number of aromatic nitrogens is 2. The van der Waals surface area contributed by atoms with Gasteiger partial charge in [-0.1, -0.05) is 11.6 Å². The molecule has 0 radical (unpaired) electrons. The van der Waals surface area contributed by atoms with E-state index in [1.165, 1.54) is 18.2 Å². The van der Waals surface area contributed by atoms with Gasteiger partial charge < -0.3 is 15.0 Å². The molecular weight excluding hydrogens is 419 g/mol. The summed E-state index contributed by atoms with van der Waals surface area (Å²) in [5, 5.41) is 11.5. The van der Waals surface area contributed by atoms with Gasteiger partial charge >= 0.3 is 0 Å². The number of halogens is 2. The molecule has 31 heavy (non-hydrogen) atoms. The van der Waals surface area contributed by atoms with Gasteiger partial charge in [0, 0.05) is 30.3 Å². The van der Waals surface area contributed by atoms with Gasteiger partial charge in [0.2, 0.25) is 5.91 Å². The lowest BCUT2D eigenvalue weighted by Crippen LogP contribution is -2.38. The van der Waals surface area contributed by atoms with Crippen molar-refractivity contribution in [1.82, 2.24) is 10.2 Å². The number of carbonyl (C=O) groups excluding carboxylic acids is 1. The van der Waals surface area contributed by atoms with Gasteiger partial charge in [-0.05, 0) is 67.4 Å². The highest BCUT2D eigenvalue weighted by atomic mass is 35.5. The van der Waals surface area contributed by atoms with Crippen LogP contribution in [0.15, 0.2) is 54.6 Å². The van der Waals surface area contributed by atoms with E-state index in [1.807, 2.05) is 36.4 Å². The van der Waals surface area contributed by atoms with Crippen LogP contribution in [0, 0.1) is 11.7 Å². The summed E-state index contributed by atoms with van der Waals surface area (Å²) in [6.07, 6.45) is 1.39. The Bertz CT molecular complexity index is 1050. The second-order valence-corrected chi connectivity index (χ2v) is 7.79. The summed E-state index contributed by atoms with van der Waals surface area (Å²) < 4.78 is 18.5. The molecule has 1 N–H and O–H groups in total. The molecule has 1 saturated heterocycles. The molecular formula is C23H22ClFN4O2. The van der Waals surface area contributed by atoms with Crippen molar-refractivity contribution < 1.29 is 13.9 Å². The smallest absolute Gasteiger partial charge is 0.227 e. The minimum Gasteiger partial charge on any atom is -0.497 e. The van der Waals surface area contributed by atoms with Gasteiger partial charge in [-0.2, -0.15) is 0 Å². The summed E-state index contributed by atoms with van der Waals surface area (Å²) in [4.78, 5) is 14.7. The number of hydrogen-bond donors (Lipinski definition) is 1. The van der Waals surface area contributed by atoms with Crippen LogP contribution in [0.5, 0.6) is 5.75 Å². The fourth-order valence-electron chi connectivity index (χ4n) is 3.60. The molecule has 0 bridgehead atoms. The number of nitrogens with zero attached hydrogens (tertiary/aromatic N) is 3. The number of hydrogen-bond acceptors (Lipinski definition) is 5. The Balaban J connectivity index is 1.33. The summed E-state index contributed by atoms with van der Waals surface area (Å²) in [6.45, 7) is 1.41. The molecule has 4 rings (SSSR count). The van der Waals surface area contributed by atoms with Crippen LogP contribution in [0.25, 0.3) is 11.3 Å². The molecule has 3 aromatic rings.